The first kappa shape index (κ1) is 15.4. The van der Waals surface area contributed by atoms with Gasteiger partial charge in [0.1, 0.15) is 0 Å². The van der Waals surface area contributed by atoms with Crippen LogP contribution in [0.4, 0.5) is 11.4 Å². The van der Waals surface area contributed by atoms with Crippen molar-refractivity contribution < 1.29 is 4.79 Å². The van der Waals surface area contributed by atoms with Crippen LogP contribution in [-0.4, -0.2) is 12.5 Å². The summed E-state index contributed by atoms with van der Waals surface area (Å²) in [5.41, 5.74) is 4.29. The molecule has 0 aliphatic rings. The summed E-state index contributed by atoms with van der Waals surface area (Å²) in [6.07, 6.45) is 0. The number of aryl methyl sites for hydroxylation is 2. The smallest absolute Gasteiger partial charge is 0.257 e. The van der Waals surface area contributed by atoms with Crippen molar-refractivity contribution in [2.45, 2.75) is 20.8 Å². The van der Waals surface area contributed by atoms with Gasteiger partial charge < -0.3 is 10.6 Å². The van der Waals surface area contributed by atoms with Gasteiger partial charge in [-0.1, -0.05) is 23.7 Å². The summed E-state index contributed by atoms with van der Waals surface area (Å²) in [4.78, 5) is 12.5. The molecule has 0 heterocycles. The van der Waals surface area contributed by atoms with Crippen LogP contribution < -0.4 is 10.6 Å². The molecule has 3 nitrogen and oxygen atoms in total. The molecule has 0 saturated heterocycles. The minimum Gasteiger partial charge on any atom is -0.385 e. The van der Waals surface area contributed by atoms with Crippen LogP contribution in [0.2, 0.25) is 5.02 Å². The highest BCUT2D eigenvalue weighted by atomic mass is 35.5. The van der Waals surface area contributed by atoms with Gasteiger partial charge in [-0.05, 0) is 56.2 Å². The lowest BCUT2D eigenvalue weighted by Gasteiger charge is -2.13. The normalized spacial score (nSPS) is 10.3. The van der Waals surface area contributed by atoms with E-state index in [-0.39, 0.29) is 5.91 Å². The molecule has 4 heteroatoms. The van der Waals surface area contributed by atoms with E-state index in [0.29, 0.717) is 10.6 Å². The van der Waals surface area contributed by atoms with Gasteiger partial charge in [-0.25, -0.2) is 0 Å². The van der Waals surface area contributed by atoms with Gasteiger partial charge in [0.2, 0.25) is 0 Å². The van der Waals surface area contributed by atoms with Crippen molar-refractivity contribution in [3.8, 4) is 0 Å². The predicted octanol–water partition coefficient (Wildman–Crippen LogP) is 4.64. The van der Waals surface area contributed by atoms with E-state index in [0.717, 1.165) is 29.0 Å². The van der Waals surface area contributed by atoms with E-state index >= 15 is 0 Å². The van der Waals surface area contributed by atoms with Crippen molar-refractivity contribution in [3.05, 3.63) is 58.1 Å². The van der Waals surface area contributed by atoms with E-state index in [1.165, 1.54) is 0 Å². The highest BCUT2D eigenvalue weighted by Crippen LogP contribution is 2.23. The lowest BCUT2D eigenvalue weighted by molar-refractivity contribution is 0.102. The Labute approximate surface area is 130 Å². The summed E-state index contributed by atoms with van der Waals surface area (Å²) in [6.45, 7) is 6.71. The standard InChI is InChI=1S/C17H19ClN2O/c1-4-19-16-9-11(2)5-8-14(16)17(21)20-15-10-13(18)7-6-12(15)3/h5-10,19H,4H2,1-3H3,(H,20,21). The molecule has 21 heavy (non-hydrogen) atoms. The van der Waals surface area contributed by atoms with Gasteiger partial charge in [0, 0.05) is 22.9 Å². The maximum atomic E-state index is 12.5. The van der Waals surface area contributed by atoms with Crippen LogP contribution in [0.1, 0.15) is 28.4 Å². The van der Waals surface area contributed by atoms with Crippen molar-refractivity contribution in [3.63, 3.8) is 0 Å². The minimum absolute atomic E-state index is 0.142. The summed E-state index contributed by atoms with van der Waals surface area (Å²) in [5.74, 6) is -0.142. The molecule has 0 spiro atoms. The van der Waals surface area contributed by atoms with E-state index in [2.05, 4.69) is 10.6 Å². The van der Waals surface area contributed by atoms with Crippen LogP contribution in [0.25, 0.3) is 0 Å². The van der Waals surface area contributed by atoms with Crippen LogP contribution in [-0.2, 0) is 0 Å². The third-order valence-corrected chi connectivity index (χ3v) is 3.47. The number of anilines is 2. The summed E-state index contributed by atoms with van der Waals surface area (Å²) in [5, 5.41) is 6.75. The van der Waals surface area contributed by atoms with E-state index < -0.39 is 0 Å². The fraction of sp³-hybridized carbons (Fsp3) is 0.235. The third kappa shape index (κ3) is 3.76. The number of benzene rings is 2. The van der Waals surface area contributed by atoms with E-state index in [9.17, 15) is 4.79 Å². The number of hydrogen-bond acceptors (Lipinski definition) is 2. The first-order valence-electron chi connectivity index (χ1n) is 6.93. The SMILES string of the molecule is CCNc1cc(C)ccc1C(=O)Nc1cc(Cl)ccc1C. The topological polar surface area (TPSA) is 41.1 Å². The highest BCUT2D eigenvalue weighted by Gasteiger charge is 2.12. The summed E-state index contributed by atoms with van der Waals surface area (Å²) in [6, 6.07) is 11.2. The maximum Gasteiger partial charge on any atom is 0.257 e. The van der Waals surface area contributed by atoms with Gasteiger partial charge in [0.15, 0.2) is 0 Å². The molecule has 0 fully saturated rings. The molecule has 2 aromatic rings. The zero-order valence-corrected chi connectivity index (χ0v) is 13.2. The monoisotopic (exact) mass is 302 g/mol. The first-order valence-corrected chi connectivity index (χ1v) is 7.31. The van der Waals surface area contributed by atoms with Gasteiger partial charge in [0.05, 0.1) is 5.56 Å². The number of hydrogen-bond donors (Lipinski definition) is 2. The molecule has 1 amide bonds. The molecule has 0 radical (unpaired) electrons. The average molecular weight is 303 g/mol. The minimum atomic E-state index is -0.142. The van der Waals surface area contributed by atoms with Crippen LogP contribution in [0, 0.1) is 13.8 Å². The Morgan fingerprint density at radius 2 is 1.86 bits per heavy atom. The van der Waals surface area contributed by atoms with Crippen molar-refractivity contribution in [1.82, 2.24) is 0 Å². The van der Waals surface area contributed by atoms with Crippen LogP contribution >= 0.6 is 11.6 Å². The molecular weight excluding hydrogens is 284 g/mol. The Balaban J connectivity index is 2.30. The number of carbonyl (C=O) groups excluding carboxylic acids is 1. The van der Waals surface area contributed by atoms with Crippen molar-refractivity contribution in [2.75, 3.05) is 17.2 Å². The van der Waals surface area contributed by atoms with Crippen LogP contribution in [0.5, 0.6) is 0 Å². The van der Waals surface area contributed by atoms with Crippen molar-refractivity contribution in [2.24, 2.45) is 0 Å². The third-order valence-electron chi connectivity index (χ3n) is 3.23. The molecule has 0 bridgehead atoms. The first-order chi connectivity index (χ1) is 10.0. The lowest BCUT2D eigenvalue weighted by atomic mass is 10.1. The summed E-state index contributed by atoms with van der Waals surface area (Å²) in [7, 11) is 0. The van der Waals surface area contributed by atoms with Gasteiger partial charge in [-0.3, -0.25) is 4.79 Å². The molecule has 110 valence electrons. The Morgan fingerprint density at radius 1 is 1.10 bits per heavy atom. The van der Waals surface area contributed by atoms with Crippen LogP contribution in [0.15, 0.2) is 36.4 Å². The van der Waals surface area contributed by atoms with Gasteiger partial charge in [-0.2, -0.15) is 0 Å². The maximum absolute atomic E-state index is 12.5. The molecule has 0 aliphatic heterocycles. The molecule has 0 saturated carbocycles. The molecule has 0 aliphatic carbocycles. The fourth-order valence-corrected chi connectivity index (χ4v) is 2.28. The zero-order valence-electron chi connectivity index (χ0n) is 12.5. The Kier molecular flexibility index (Phi) is 4.86. The number of carbonyl (C=O) groups is 1. The Hall–Kier alpha value is -2.00. The van der Waals surface area contributed by atoms with Crippen molar-refractivity contribution >= 4 is 28.9 Å². The molecule has 0 aromatic heterocycles. The number of halogens is 1. The highest BCUT2D eigenvalue weighted by molar-refractivity contribution is 6.31. The van der Waals surface area contributed by atoms with E-state index in [1.54, 1.807) is 6.07 Å². The van der Waals surface area contributed by atoms with Gasteiger partial charge >= 0.3 is 0 Å². The van der Waals surface area contributed by atoms with Crippen LogP contribution in [0.3, 0.4) is 0 Å². The predicted molar refractivity (Wildman–Crippen MR) is 89.5 cm³/mol. The zero-order chi connectivity index (χ0) is 15.4. The quantitative estimate of drug-likeness (QED) is 0.863. The number of nitrogens with one attached hydrogen (secondary N) is 2. The number of rotatable bonds is 4. The lowest BCUT2D eigenvalue weighted by Crippen LogP contribution is -2.15. The summed E-state index contributed by atoms with van der Waals surface area (Å²) >= 11 is 5.98. The second-order valence-corrected chi connectivity index (χ2v) is 5.43. The summed E-state index contributed by atoms with van der Waals surface area (Å²) < 4.78 is 0. The second kappa shape index (κ2) is 6.64. The van der Waals surface area contributed by atoms with Crippen molar-refractivity contribution in [1.29, 1.82) is 0 Å². The molecule has 2 N–H and O–H groups in total. The molecule has 2 rings (SSSR count). The van der Waals surface area contributed by atoms with E-state index in [1.807, 2.05) is 51.1 Å². The second-order valence-electron chi connectivity index (χ2n) is 4.99. The number of amides is 1. The molecule has 2 aromatic carbocycles. The van der Waals surface area contributed by atoms with E-state index in [4.69, 9.17) is 11.6 Å². The Morgan fingerprint density at radius 3 is 2.57 bits per heavy atom. The molecular formula is C17H19ClN2O. The molecule has 0 unspecified atom stereocenters. The van der Waals surface area contributed by atoms with Gasteiger partial charge in [0.25, 0.3) is 5.91 Å². The molecule has 0 atom stereocenters. The average Bonchev–Trinajstić information content (AvgIpc) is 2.43. The largest absolute Gasteiger partial charge is 0.385 e. The fourth-order valence-electron chi connectivity index (χ4n) is 2.11. The van der Waals surface area contributed by atoms with Gasteiger partial charge in [-0.15, -0.1) is 0 Å². The Bertz CT molecular complexity index is 668.